The Labute approximate surface area is 89.9 Å². The van der Waals surface area contributed by atoms with Crippen molar-refractivity contribution in [3.05, 3.63) is 0 Å². The fraction of sp³-hybridized carbons (Fsp3) is 0.909. The van der Waals surface area contributed by atoms with Crippen LogP contribution in [0.5, 0.6) is 0 Å². The number of amidine groups is 1. The molecule has 0 aromatic heterocycles. The van der Waals surface area contributed by atoms with Crippen molar-refractivity contribution in [2.24, 2.45) is 16.3 Å². The summed E-state index contributed by atoms with van der Waals surface area (Å²) in [4.78, 5) is 4.58. The van der Waals surface area contributed by atoms with Gasteiger partial charge in [-0.3, -0.25) is 4.99 Å². The summed E-state index contributed by atoms with van der Waals surface area (Å²) in [5.74, 6) is 0.986. The molecule has 2 nitrogen and oxygen atoms in total. The highest BCUT2D eigenvalue weighted by atomic mass is 32.2. The molecular formula is C11H18N2S. The van der Waals surface area contributed by atoms with Crippen molar-refractivity contribution in [3.8, 4) is 0 Å². The van der Waals surface area contributed by atoms with E-state index in [1.54, 1.807) is 0 Å². The topological polar surface area (TPSA) is 24.4 Å². The van der Waals surface area contributed by atoms with E-state index in [4.69, 9.17) is 0 Å². The van der Waals surface area contributed by atoms with Gasteiger partial charge in [0.05, 0.1) is 6.54 Å². The lowest BCUT2D eigenvalue weighted by molar-refractivity contribution is 0.558. The van der Waals surface area contributed by atoms with Crippen LogP contribution in [0.4, 0.5) is 0 Å². The number of nitrogens with zero attached hydrogens (tertiary/aromatic N) is 1. The molecule has 78 valence electrons. The third-order valence-electron chi connectivity index (χ3n) is 3.60. The predicted octanol–water partition coefficient (Wildman–Crippen LogP) is 2.26. The van der Waals surface area contributed by atoms with E-state index in [0.717, 1.165) is 24.3 Å². The highest BCUT2D eigenvalue weighted by molar-refractivity contribution is 8.14. The average Bonchev–Trinajstić information content (AvgIpc) is 3.08. The summed E-state index contributed by atoms with van der Waals surface area (Å²) in [6.07, 6.45) is 5.67. The molecule has 1 unspecified atom stereocenters. The van der Waals surface area contributed by atoms with Gasteiger partial charge in [-0.25, -0.2) is 0 Å². The van der Waals surface area contributed by atoms with Gasteiger partial charge in [0, 0.05) is 11.8 Å². The number of aliphatic imine (C=N–C) groups is 1. The first kappa shape index (κ1) is 9.08. The maximum Gasteiger partial charge on any atom is 0.156 e. The van der Waals surface area contributed by atoms with Crippen molar-refractivity contribution in [1.82, 2.24) is 5.32 Å². The van der Waals surface area contributed by atoms with Crippen LogP contribution in [0.25, 0.3) is 0 Å². The minimum Gasteiger partial charge on any atom is -0.364 e. The summed E-state index contributed by atoms with van der Waals surface area (Å²) in [5.41, 5.74) is 0.598. The normalized spacial score (nSPS) is 34.1. The van der Waals surface area contributed by atoms with E-state index in [0.29, 0.717) is 5.41 Å². The first-order valence-corrected chi connectivity index (χ1v) is 6.58. The third kappa shape index (κ3) is 1.92. The van der Waals surface area contributed by atoms with E-state index in [9.17, 15) is 0 Å². The van der Waals surface area contributed by atoms with E-state index < -0.39 is 0 Å². The van der Waals surface area contributed by atoms with Gasteiger partial charge in [-0.15, -0.1) is 0 Å². The van der Waals surface area contributed by atoms with Gasteiger partial charge < -0.3 is 5.32 Å². The van der Waals surface area contributed by atoms with Crippen molar-refractivity contribution >= 4 is 16.9 Å². The standard InChI is InChI=1S/C11H18N2S/c1-11(4-5-11)7-13-10-12-6-9(14-10)8-2-3-8/h8-9H,2-7H2,1H3,(H,12,13). The number of rotatable bonds is 3. The van der Waals surface area contributed by atoms with Crippen LogP contribution in [0.3, 0.4) is 0 Å². The predicted molar refractivity (Wildman–Crippen MR) is 61.7 cm³/mol. The van der Waals surface area contributed by atoms with E-state index in [2.05, 4.69) is 17.2 Å². The van der Waals surface area contributed by atoms with Crippen LogP contribution in [0.1, 0.15) is 32.6 Å². The second kappa shape index (κ2) is 3.16. The zero-order valence-corrected chi connectivity index (χ0v) is 9.57. The Morgan fingerprint density at radius 1 is 1.50 bits per heavy atom. The molecule has 2 saturated carbocycles. The minimum atomic E-state index is 0.598. The van der Waals surface area contributed by atoms with Crippen molar-refractivity contribution in [1.29, 1.82) is 0 Å². The fourth-order valence-electron chi connectivity index (χ4n) is 1.88. The Morgan fingerprint density at radius 3 is 2.93 bits per heavy atom. The van der Waals surface area contributed by atoms with Crippen molar-refractivity contribution in [2.75, 3.05) is 13.1 Å². The second-order valence-corrected chi connectivity index (χ2v) is 6.53. The van der Waals surface area contributed by atoms with Gasteiger partial charge in [0.25, 0.3) is 0 Å². The van der Waals surface area contributed by atoms with Gasteiger partial charge in [0.1, 0.15) is 0 Å². The molecule has 1 aliphatic heterocycles. The summed E-state index contributed by atoms with van der Waals surface area (Å²) >= 11 is 1.99. The molecule has 0 spiro atoms. The molecule has 0 saturated heterocycles. The zero-order chi connectivity index (χ0) is 9.60. The SMILES string of the molecule is CC1(CNC2=NCC(C3CC3)S2)CC1. The molecule has 14 heavy (non-hydrogen) atoms. The summed E-state index contributed by atoms with van der Waals surface area (Å²) < 4.78 is 0. The maximum absolute atomic E-state index is 4.58. The lowest BCUT2D eigenvalue weighted by atomic mass is 10.1. The molecular weight excluding hydrogens is 192 g/mol. The Bertz CT molecular complexity index is 266. The molecule has 1 N–H and O–H groups in total. The maximum atomic E-state index is 4.58. The first-order chi connectivity index (χ1) is 6.75. The smallest absolute Gasteiger partial charge is 0.156 e. The molecule has 2 aliphatic carbocycles. The number of hydrogen-bond donors (Lipinski definition) is 1. The number of nitrogens with one attached hydrogen (secondary N) is 1. The van der Waals surface area contributed by atoms with Crippen molar-refractivity contribution in [3.63, 3.8) is 0 Å². The monoisotopic (exact) mass is 210 g/mol. The molecule has 3 rings (SSSR count). The van der Waals surface area contributed by atoms with E-state index in [1.807, 2.05) is 11.8 Å². The van der Waals surface area contributed by atoms with Crippen molar-refractivity contribution < 1.29 is 0 Å². The summed E-state index contributed by atoms with van der Waals surface area (Å²) in [6.45, 7) is 4.56. The highest BCUT2D eigenvalue weighted by Gasteiger charge is 2.39. The van der Waals surface area contributed by atoms with E-state index in [1.165, 1.54) is 30.9 Å². The Kier molecular flexibility index (Phi) is 2.05. The summed E-state index contributed by atoms with van der Waals surface area (Å²) in [5, 5.41) is 5.54. The second-order valence-electron chi connectivity index (χ2n) is 5.30. The highest BCUT2D eigenvalue weighted by Crippen LogP contribution is 2.45. The van der Waals surface area contributed by atoms with E-state index >= 15 is 0 Å². The minimum absolute atomic E-state index is 0.598. The molecule has 3 heteroatoms. The lowest BCUT2D eigenvalue weighted by Crippen LogP contribution is -2.26. The quantitative estimate of drug-likeness (QED) is 0.772. The van der Waals surface area contributed by atoms with Gasteiger partial charge in [0.15, 0.2) is 5.17 Å². The van der Waals surface area contributed by atoms with Crippen LogP contribution in [-0.4, -0.2) is 23.5 Å². The summed E-state index contributed by atoms with van der Waals surface area (Å²) in [7, 11) is 0. The van der Waals surface area contributed by atoms with Crippen molar-refractivity contribution in [2.45, 2.75) is 37.9 Å². The Morgan fingerprint density at radius 2 is 2.29 bits per heavy atom. The van der Waals surface area contributed by atoms with Gasteiger partial charge in [-0.2, -0.15) is 0 Å². The molecule has 0 aromatic rings. The van der Waals surface area contributed by atoms with Gasteiger partial charge in [0.2, 0.25) is 0 Å². The average molecular weight is 210 g/mol. The molecule has 3 aliphatic rings. The van der Waals surface area contributed by atoms with Gasteiger partial charge in [-0.1, -0.05) is 18.7 Å². The molecule has 0 aromatic carbocycles. The molecule has 1 heterocycles. The zero-order valence-electron chi connectivity index (χ0n) is 8.75. The third-order valence-corrected chi connectivity index (χ3v) is 4.93. The molecule has 0 radical (unpaired) electrons. The van der Waals surface area contributed by atoms with Crippen LogP contribution < -0.4 is 5.32 Å². The van der Waals surface area contributed by atoms with E-state index in [-0.39, 0.29) is 0 Å². The molecule has 0 bridgehead atoms. The van der Waals surface area contributed by atoms with Crippen LogP contribution in [0.15, 0.2) is 4.99 Å². The largest absolute Gasteiger partial charge is 0.364 e. The van der Waals surface area contributed by atoms with Gasteiger partial charge in [-0.05, 0) is 37.0 Å². The molecule has 0 amide bonds. The fourth-order valence-corrected chi connectivity index (χ4v) is 3.09. The first-order valence-electron chi connectivity index (χ1n) is 5.70. The number of thioether (sulfide) groups is 1. The van der Waals surface area contributed by atoms with Crippen LogP contribution in [0, 0.1) is 11.3 Å². The molecule has 2 fully saturated rings. The van der Waals surface area contributed by atoms with Crippen LogP contribution in [0.2, 0.25) is 0 Å². The Balaban J connectivity index is 1.45. The summed E-state index contributed by atoms with van der Waals surface area (Å²) in [6, 6.07) is 0. The lowest BCUT2D eigenvalue weighted by Gasteiger charge is -2.11. The Hall–Kier alpha value is -0.180. The van der Waals surface area contributed by atoms with Crippen LogP contribution >= 0.6 is 11.8 Å². The van der Waals surface area contributed by atoms with Gasteiger partial charge >= 0.3 is 0 Å². The number of hydrogen-bond acceptors (Lipinski definition) is 3. The van der Waals surface area contributed by atoms with Crippen LogP contribution in [-0.2, 0) is 0 Å². The molecule has 1 atom stereocenters.